The van der Waals surface area contributed by atoms with E-state index in [0.29, 0.717) is 0 Å². The molecule has 0 amide bonds. The number of aliphatic hydroxyl groups is 1. The van der Waals surface area contributed by atoms with Crippen molar-refractivity contribution in [1.82, 2.24) is 9.80 Å². The zero-order valence-electron chi connectivity index (χ0n) is 17.6. The minimum absolute atomic E-state index is 0.173. The van der Waals surface area contributed by atoms with Crippen LogP contribution in [0.4, 0.5) is 5.69 Å². The van der Waals surface area contributed by atoms with Gasteiger partial charge >= 0.3 is 0 Å². The zero-order chi connectivity index (χ0) is 20.9. The number of thioether (sulfide) groups is 1. The van der Waals surface area contributed by atoms with Crippen LogP contribution in [-0.2, 0) is 11.3 Å². The maximum Gasteiger partial charge on any atom is 0.138 e. The topological polar surface area (TPSA) is 47.0 Å². The molecule has 0 radical (unpaired) electrons. The normalized spacial score (nSPS) is 24.5. The third kappa shape index (κ3) is 4.72. The van der Waals surface area contributed by atoms with Gasteiger partial charge in [0, 0.05) is 56.3 Å². The maximum atomic E-state index is 12.1. The predicted molar refractivity (Wildman–Crippen MR) is 124 cm³/mol. The second kappa shape index (κ2) is 9.96. The highest BCUT2D eigenvalue weighted by Crippen LogP contribution is 2.38. The smallest absolute Gasteiger partial charge is 0.138 e. The minimum Gasteiger partial charge on any atom is -0.387 e. The van der Waals surface area contributed by atoms with Crippen LogP contribution < -0.4 is 4.90 Å². The summed E-state index contributed by atoms with van der Waals surface area (Å²) in [5.41, 5.74) is 3.24. The molecule has 2 aliphatic heterocycles. The van der Waals surface area contributed by atoms with Crippen molar-refractivity contribution < 1.29 is 9.90 Å². The Morgan fingerprint density at radius 1 is 1.03 bits per heavy atom. The Kier molecular flexibility index (Phi) is 7.10. The van der Waals surface area contributed by atoms with Gasteiger partial charge in [0.15, 0.2) is 0 Å². The van der Waals surface area contributed by atoms with Crippen molar-refractivity contribution in [1.29, 1.82) is 0 Å². The molecule has 30 heavy (non-hydrogen) atoms. The van der Waals surface area contributed by atoms with Gasteiger partial charge in [0.05, 0.1) is 17.4 Å². The maximum absolute atomic E-state index is 12.1. The van der Waals surface area contributed by atoms with E-state index in [1.807, 2.05) is 36.4 Å². The van der Waals surface area contributed by atoms with E-state index in [2.05, 4.69) is 39.9 Å². The summed E-state index contributed by atoms with van der Waals surface area (Å²) in [5, 5.41) is 11.3. The molecule has 4 rings (SSSR count). The monoisotopic (exact) mass is 425 g/mol. The number of carbonyl (C=O) groups is 1. The third-order valence-electron chi connectivity index (χ3n) is 6.23. The van der Waals surface area contributed by atoms with Crippen molar-refractivity contribution in [2.75, 3.05) is 50.4 Å². The lowest BCUT2D eigenvalue weighted by Gasteiger charge is -2.41. The first-order valence-electron chi connectivity index (χ1n) is 10.7. The number of anilines is 1. The summed E-state index contributed by atoms with van der Waals surface area (Å²) >= 11 is 1.72. The van der Waals surface area contributed by atoms with Crippen molar-refractivity contribution in [3.05, 3.63) is 65.7 Å². The highest BCUT2D eigenvalue weighted by atomic mass is 32.2. The highest BCUT2D eigenvalue weighted by molar-refractivity contribution is 8.00. The number of likely N-dealkylation sites (N-methyl/N-ethyl adjacent to an activating group) is 1. The number of nitrogens with zero attached hydrogens (tertiary/aromatic N) is 3. The van der Waals surface area contributed by atoms with Gasteiger partial charge in [0.25, 0.3) is 0 Å². The van der Waals surface area contributed by atoms with Crippen LogP contribution in [0.5, 0.6) is 0 Å². The molecule has 160 valence electrons. The van der Waals surface area contributed by atoms with Crippen molar-refractivity contribution in [3.8, 4) is 0 Å². The molecule has 0 aromatic heterocycles. The Hall–Kier alpha value is -1.86. The van der Waals surface area contributed by atoms with E-state index in [9.17, 15) is 9.90 Å². The van der Waals surface area contributed by atoms with Gasteiger partial charge in [-0.05, 0) is 18.7 Å². The van der Waals surface area contributed by atoms with Gasteiger partial charge in [-0.2, -0.15) is 11.8 Å². The zero-order valence-corrected chi connectivity index (χ0v) is 18.4. The second-order valence-electron chi connectivity index (χ2n) is 8.21. The lowest BCUT2D eigenvalue weighted by molar-refractivity contribution is -0.113. The number of hydrogen-bond acceptors (Lipinski definition) is 6. The summed E-state index contributed by atoms with van der Waals surface area (Å²) < 4.78 is 0. The van der Waals surface area contributed by atoms with E-state index in [4.69, 9.17) is 0 Å². The van der Waals surface area contributed by atoms with Crippen molar-refractivity contribution in [2.45, 2.75) is 23.9 Å². The number of hydrogen-bond donors (Lipinski definition) is 1. The molecule has 5 nitrogen and oxygen atoms in total. The van der Waals surface area contributed by atoms with Gasteiger partial charge in [-0.15, -0.1) is 0 Å². The number of aldehydes is 1. The van der Waals surface area contributed by atoms with Crippen LogP contribution >= 0.6 is 11.8 Å². The largest absolute Gasteiger partial charge is 0.387 e. The Labute approximate surface area is 183 Å². The number of piperazine rings is 1. The average Bonchev–Trinajstić information content (AvgIpc) is 2.80. The molecule has 2 aromatic carbocycles. The molecule has 3 atom stereocenters. The van der Waals surface area contributed by atoms with E-state index in [1.54, 1.807) is 11.8 Å². The van der Waals surface area contributed by atoms with Gasteiger partial charge in [0.1, 0.15) is 6.29 Å². The van der Waals surface area contributed by atoms with Crippen LogP contribution in [0.25, 0.3) is 0 Å². The number of rotatable bonds is 6. The van der Waals surface area contributed by atoms with Gasteiger partial charge in [-0.25, -0.2) is 0 Å². The lowest BCUT2D eigenvalue weighted by atomic mass is 9.97. The first-order chi connectivity index (χ1) is 14.7. The molecular formula is C24H31N3O2S. The average molecular weight is 426 g/mol. The van der Waals surface area contributed by atoms with Crippen LogP contribution in [0.3, 0.4) is 0 Å². The van der Waals surface area contributed by atoms with Crippen molar-refractivity contribution in [3.63, 3.8) is 0 Å². The fourth-order valence-electron chi connectivity index (χ4n) is 4.46. The van der Waals surface area contributed by atoms with Crippen LogP contribution in [0.1, 0.15) is 17.2 Å². The molecule has 1 N–H and O–H groups in total. The second-order valence-corrected chi connectivity index (χ2v) is 9.50. The number of carbonyl (C=O) groups excluding carboxylic acids is 1. The molecule has 2 aromatic rings. The molecule has 0 bridgehead atoms. The standard InChI is InChI=1S/C24H31N3O2S/c1-25-11-13-26(14-12-25)21-10-6-5-9-20(21)23(29)24-22(18-28)27(15-16-30-24)17-19-7-3-2-4-8-19/h2-10,18,22-24,29H,11-17H2,1H3. The van der Waals surface area contributed by atoms with Gasteiger partial charge in [-0.1, -0.05) is 48.5 Å². The Morgan fingerprint density at radius 3 is 2.47 bits per heavy atom. The van der Waals surface area contributed by atoms with E-state index < -0.39 is 6.10 Å². The molecular weight excluding hydrogens is 394 g/mol. The van der Waals surface area contributed by atoms with Gasteiger partial charge < -0.3 is 19.7 Å². The minimum atomic E-state index is -0.681. The molecule has 2 heterocycles. The molecule has 6 heteroatoms. The van der Waals surface area contributed by atoms with Crippen LogP contribution in [-0.4, -0.2) is 78.0 Å². The predicted octanol–water partition coefficient (Wildman–Crippen LogP) is 2.66. The fourth-order valence-corrected chi connectivity index (χ4v) is 5.83. The molecule has 0 spiro atoms. The summed E-state index contributed by atoms with van der Waals surface area (Å²) in [4.78, 5) is 19.1. The summed E-state index contributed by atoms with van der Waals surface area (Å²) in [6.07, 6.45) is 0.348. The van der Waals surface area contributed by atoms with E-state index in [1.165, 1.54) is 5.56 Å². The van der Waals surface area contributed by atoms with Gasteiger partial charge in [0.2, 0.25) is 0 Å². The first-order valence-corrected chi connectivity index (χ1v) is 11.8. The SMILES string of the molecule is CN1CCN(c2ccccc2C(O)C2SCCN(Cc3ccccc3)C2C=O)CC1. The molecule has 3 unspecified atom stereocenters. The van der Waals surface area contributed by atoms with Crippen molar-refractivity contribution in [2.24, 2.45) is 0 Å². The molecule has 2 fully saturated rings. The van der Waals surface area contributed by atoms with E-state index in [0.717, 1.165) is 62.6 Å². The van der Waals surface area contributed by atoms with Crippen LogP contribution in [0.15, 0.2) is 54.6 Å². The number of para-hydroxylation sites is 1. The quantitative estimate of drug-likeness (QED) is 0.718. The number of benzene rings is 2. The van der Waals surface area contributed by atoms with E-state index in [-0.39, 0.29) is 11.3 Å². The summed E-state index contributed by atoms with van der Waals surface area (Å²) in [7, 11) is 2.15. The summed E-state index contributed by atoms with van der Waals surface area (Å²) in [5.74, 6) is 0.912. The van der Waals surface area contributed by atoms with Crippen LogP contribution in [0.2, 0.25) is 0 Å². The van der Waals surface area contributed by atoms with Crippen molar-refractivity contribution >= 4 is 23.7 Å². The Balaban J connectivity index is 1.55. The first kappa shape index (κ1) is 21.4. The van der Waals surface area contributed by atoms with Gasteiger partial charge in [-0.3, -0.25) is 4.90 Å². The fraction of sp³-hybridized carbons (Fsp3) is 0.458. The molecule has 0 aliphatic carbocycles. The van der Waals surface area contributed by atoms with E-state index >= 15 is 0 Å². The summed E-state index contributed by atoms with van der Waals surface area (Å²) in [6.45, 7) is 5.53. The van der Waals surface area contributed by atoms with Crippen LogP contribution in [0, 0.1) is 0 Å². The molecule has 2 aliphatic rings. The molecule has 2 saturated heterocycles. The Bertz CT molecular complexity index is 826. The Morgan fingerprint density at radius 2 is 1.73 bits per heavy atom. The highest BCUT2D eigenvalue weighted by Gasteiger charge is 2.38. The summed E-state index contributed by atoms with van der Waals surface area (Å²) in [6, 6.07) is 18.1. The lowest BCUT2D eigenvalue weighted by Crippen LogP contribution is -2.50. The number of aliphatic hydroxyl groups excluding tert-OH is 1. The third-order valence-corrected chi connectivity index (χ3v) is 7.57. The molecule has 0 saturated carbocycles.